The third-order valence-corrected chi connectivity index (χ3v) is 3.17. The normalized spacial score (nSPS) is 11.4. The smallest absolute Gasteiger partial charge is 0.323 e. The second-order valence-corrected chi connectivity index (χ2v) is 5.10. The number of nitrogens with zero attached hydrogens (tertiary/aromatic N) is 1. The molecule has 19 heavy (non-hydrogen) atoms. The Kier molecular flexibility index (Phi) is 4.67. The van der Waals surface area contributed by atoms with E-state index in [1.165, 1.54) is 6.92 Å². The molecule has 0 unspecified atom stereocenters. The predicted molar refractivity (Wildman–Crippen MR) is 73.9 cm³/mol. The topological polar surface area (TPSA) is 69.6 Å². The third kappa shape index (κ3) is 4.06. The molecule has 0 saturated heterocycles. The van der Waals surface area contributed by atoms with Crippen molar-refractivity contribution in [3.8, 4) is 0 Å². The largest absolute Gasteiger partial charge is 0.480 e. The monoisotopic (exact) mass is 264 g/mol. The Bertz CT molecular complexity index is 466. The molecule has 104 valence electrons. The summed E-state index contributed by atoms with van der Waals surface area (Å²) in [6, 6.07) is 7.36. The van der Waals surface area contributed by atoms with Crippen molar-refractivity contribution in [2.24, 2.45) is 0 Å². The first-order chi connectivity index (χ1) is 8.73. The van der Waals surface area contributed by atoms with Gasteiger partial charge in [-0.25, -0.2) is 0 Å². The molecular weight excluding hydrogens is 244 g/mol. The Balaban J connectivity index is 2.73. The lowest BCUT2D eigenvalue weighted by molar-refractivity contribution is -0.148. The van der Waals surface area contributed by atoms with E-state index in [-0.39, 0.29) is 5.91 Å². The summed E-state index contributed by atoms with van der Waals surface area (Å²) in [5, 5.41) is 11.8. The van der Waals surface area contributed by atoms with Gasteiger partial charge in [-0.05, 0) is 38.6 Å². The molecule has 1 aromatic rings. The Morgan fingerprint density at radius 3 is 2.21 bits per heavy atom. The van der Waals surface area contributed by atoms with Gasteiger partial charge in [0.1, 0.15) is 5.54 Å². The van der Waals surface area contributed by atoms with Crippen LogP contribution in [0.25, 0.3) is 0 Å². The van der Waals surface area contributed by atoms with Crippen LogP contribution >= 0.6 is 0 Å². The number of carbonyl (C=O) groups excluding carboxylic acids is 1. The zero-order chi connectivity index (χ0) is 14.6. The van der Waals surface area contributed by atoms with E-state index in [0.29, 0.717) is 6.54 Å². The second kappa shape index (κ2) is 5.84. The molecule has 0 saturated carbocycles. The second-order valence-electron chi connectivity index (χ2n) is 5.10. The number of hydrogen-bond donors (Lipinski definition) is 2. The number of benzene rings is 1. The predicted octanol–water partition coefficient (Wildman–Crippen LogP) is 1.94. The standard InChI is InChI=1S/C14H20N2O3/c1-10(17)15-12-7-5-11(6-8-12)9-16(4)14(2,3)13(18)19/h5-8H,9H2,1-4H3,(H,15,17)(H,18,19). The fourth-order valence-electron chi connectivity index (χ4n) is 1.53. The van der Waals surface area contributed by atoms with E-state index in [0.717, 1.165) is 11.3 Å². The van der Waals surface area contributed by atoms with Crippen LogP contribution in [0.5, 0.6) is 0 Å². The summed E-state index contributed by atoms with van der Waals surface area (Å²) in [6.45, 7) is 5.32. The van der Waals surface area contributed by atoms with Crippen molar-refractivity contribution in [1.29, 1.82) is 0 Å². The molecule has 0 aromatic heterocycles. The Morgan fingerprint density at radius 1 is 1.26 bits per heavy atom. The molecule has 0 aliphatic rings. The number of hydrogen-bond acceptors (Lipinski definition) is 3. The van der Waals surface area contributed by atoms with Gasteiger partial charge in [0.15, 0.2) is 0 Å². The van der Waals surface area contributed by atoms with Gasteiger partial charge in [0.2, 0.25) is 5.91 Å². The minimum Gasteiger partial charge on any atom is -0.480 e. The van der Waals surface area contributed by atoms with Crippen molar-refractivity contribution in [1.82, 2.24) is 4.90 Å². The average molecular weight is 264 g/mol. The molecule has 0 fully saturated rings. The van der Waals surface area contributed by atoms with Crippen LogP contribution in [0.4, 0.5) is 5.69 Å². The number of nitrogens with one attached hydrogen (secondary N) is 1. The number of carbonyl (C=O) groups is 2. The zero-order valence-electron chi connectivity index (χ0n) is 11.7. The summed E-state index contributed by atoms with van der Waals surface area (Å²) in [7, 11) is 1.77. The summed E-state index contributed by atoms with van der Waals surface area (Å²) in [5.74, 6) is -0.971. The maximum absolute atomic E-state index is 11.1. The van der Waals surface area contributed by atoms with Gasteiger partial charge in [0.05, 0.1) is 0 Å². The average Bonchev–Trinajstić information content (AvgIpc) is 2.30. The number of aliphatic carboxylic acids is 1. The van der Waals surface area contributed by atoms with E-state index in [1.807, 2.05) is 12.1 Å². The molecule has 1 rings (SSSR count). The minimum absolute atomic E-state index is 0.114. The molecule has 0 aliphatic carbocycles. The highest BCUT2D eigenvalue weighted by atomic mass is 16.4. The molecule has 0 bridgehead atoms. The van der Waals surface area contributed by atoms with Crippen LogP contribution in [0.1, 0.15) is 26.3 Å². The molecule has 1 amide bonds. The Morgan fingerprint density at radius 2 is 1.79 bits per heavy atom. The van der Waals surface area contributed by atoms with E-state index >= 15 is 0 Å². The van der Waals surface area contributed by atoms with Crippen molar-refractivity contribution in [3.05, 3.63) is 29.8 Å². The molecule has 0 aliphatic heterocycles. The van der Waals surface area contributed by atoms with Crippen LogP contribution in [0.15, 0.2) is 24.3 Å². The first-order valence-electron chi connectivity index (χ1n) is 6.04. The molecule has 5 nitrogen and oxygen atoms in total. The quantitative estimate of drug-likeness (QED) is 0.852. The van der Waals surface area contributed by atoms with E-state index < -0.39 is 11.5 Å². The number of carboxylic acids is 1. The van der Waals surface area contributed by atoms with Crippen molar-refractivity contribution in [2.45, 2.75) is 32.9 Å². The van der Waals surface area contributed by atoms with Gasteiger partial charge in [-0.2, -0.15) is 0 Å². The van der Waals surface area contributed by atoms with Crippen LogP contribution < -0.4 is 5.32 Å². The van der Waals surface area contributed by atoms with Crippen LogP contribution in [0.2, 0.25) is 0 Å². The van der Waals surface area contributed by atoms with Gasteiger partial charge >= 0.3 is 5.97 Å². The maximum Gasteiger partial charge on any atom is 0.323 e. The summed E-state index contributed by atoms with van der Waals surface area (Å²) < 4.78 is 0. The van der Waals surface area contributed by atoms with E-state index in [9.17, 15) is 9.59 Å². The first kappa shape index (κ1) is 15.2. The number of rotatable bonds is 5. The Hall–Kier alpha value is -1.88. The lowest BCUT2D eigenvalue weighted by atomic mass is 10.0. The number of anilines is 1. The highest BCUT2D eigenvalue weighted by molar-refractivity contribution is 5.88. The number of carboxylic acid groups (broad SMARTS) is 1. The number of amides is 1. The molecular formula is C14H20N2O3. The number of likely N-dealkylation sites (N-methyl/N-ethyl adjacent to an activating group) is 1. The van der Waals surface area contributed by atoms with Crippen LogP contribution in [-0.2, 0) is 16.1 Å². The fourth-order valence-corrected chi connectivity index (χ4v) is 1.53. The summed E-state index contributed by atoms with van der Waals surface area (Å²) >= 11 is 0. The maximum atomic E-state index is 11.1. The summed E-state index contributed by atoms with van der Waals surface area (Å²) in [4.78, 5) is 23.8. The summed E-state index contributed by atoms with van der Waals surface area (Å²) in [6.07, 6.45) is 0. The van der Waals surface area contributed by atoms with E-state index in [1.54, 1.807) is 37.9 Å². The van der Waals surface area contributed by atoms with Gasteiger partial charge in [0, 0.05) is 19.2 Å². The molecule has 0 atom stereocenters. The van der Waals surface area contributed by atoms with Crippen molar-refractivity contribution < 1.29 is 14.7 Å². The van der Waals surface area contributed by atoms with Gasteiger partial charge in [0.25, 0.3) is 0 Å². The highest BCUT2D eigenvalue weighted by Gasteiger charge is 2.31. The highest BCUT2D eigenvalue weighted by Crippen LogP contribution is 2.17. The van der Waals surface area contributed by atoms with Gasteiger partial charge in [-0.3, -0.25) is 14.5 Å². The fraction of sp³-hybridized carbons (Fsp3) is 0.429. The van der Waals surface area contributed by atoms with Crippen molar-refractivity contribution >= 4 is 17.6 Å². The van der Waals surface area contributed by atoms with Crippen molar-refractivity contribution in [3.63, 3.8) is 0 Å². The lowest BCUT2D eigenvalue weighted by Crippen LogP contribution is -2.47. The summed E-state index contributed by atoms with van der Waals surface area (Å²) in [5.41, 5.74) is 0.804. The van der Waals surface area contributed by atoms with Gasteiger partial charge in [-0.1, -0.05) is 12.1 Å². The molecule has 1 aromatic carbocycles. The van der Waals surface area contributed by atoms with Crippen LogP contribution in [-0.4, -0.2) is 34.5 Å². The van der Waals surface area contributed by atoms with Crippen LogP contribution in [0.3, 0.4) is 0 Å². The van der Waals surface area contributed by atoms with Crippen LogP contribution in [0, 0.1) is 0 Å². The molecule has 0 radical (unpaired) electrons. The molecule has 5 heteroatoms. The molecule has 2 N–H and O–H groups in total. The lowest BCUT2D eigenvalue weighted by Gasteiger charge is -2.31. The molecule has 0 heterocycles. The van der Waals surface area contributed by atoms with E-state index in [4.69, 9.17) is 5.11 Å². The minimum atomic E-state index is -0.920. The zero-order valence-corrected chi connectivity index (χ0v) is 11.7. The molecule has 0 spiro atoms. The van der Waals surface area contributed by atoms with Gasteiger partial charge < -0.3 is 10.4 Å². The van der Waals surface area contributed by atoms with E-state index in [2.05, 4.69) is 5.32 Å². The SMILES string of the molecule is CC(=O)Nc1ccc(CN(C)C(C)(C)C(=O)O)cc1. The van der Waals surface area contributed by atoms with Gasteiger partial charge in [-0.15, -0.1) is 0 Å². The first-order valence-corrected chi connectivity index (χ1v) is 6.04. The van der Waals surface area contributed by atoms with Crippen molar-refractivity contribution in [2.75, 3.05) is 12.4 Å². The Labute approximate surface area is 113 Å². The third-order valence-electron chi connectivity index (χ3n) is 3.17.